The van der Waals surface area contributed by atoms with Crippen molar-refractivity contribution in [3.63, 3.8) is 0 Å². The molecule has 1 atom stereocenters. The van der Waals surface area contributed by atoms with Gasteiger partial charge in [-0.25, -0.2) is 4.39 Å². The van der Waals surface area contributed by atoms with Crippen LogP contribution in [0.5, 0.6) is 0 Å². The van der Waals surface area contributed by atoms with Crippen LogP contribution < -0.4 is 11.1 Å². The van der Waals surface area contributed by atoms with E-state index in [-0.39, 0.29) is 16.9 Å². The monoisotopic (exact) mass is 318 g/mol. The largest absolute Gasteiger partial charge is 0.392 e. The Kier molecular flexibility index (Phi) is 5.02. The first-order chi connectivity index (χ1) is 7.95. The van der Waals surface area contributed by atoms with E-state index in [2.05, 4.69) is 21.2 Å². The zero-order valence-electron chi connectivity index (χ0n) is 9.17. The average molecular weight is 319 g/mol. The summed E-state index contributed by atoms with van der Waals surface area (Å²) in [4.78, 5) is 12.1. The molecule has 1 rings (SSSR count). The number of thiocarbonyl (C=S) groups is 1. The second kappa shape index (κ2) is 6.07. The molecule has 0 saturated heterocycles. The lowest BCUT2D eigenvalue weighted by molar-refractivity contribution is 0.0945. The highest BCUT2D eigenvalue weighted by atomic mass is 79.9. The fourth-order valence-corrected chi connectivity index (χ4v) is 2.04. The first-order valence-corrected chi connectivity index (χ1v) is 6.21. The molecule has 0 heterocycles. The highest BCUT2D eigenvalue weighted by Crippen LogP contribution is 2.18. The van der Waals surface area contributed by atoms with Crippen molar-refractivity contribution in [2.45, 2.75) is 19.4 Å². The Morgan fingerprint density at radius 3 is 2.76 bits per heavy atom. The number of nitrogens with one attached hydrogen (secondary N) is 1. The SMILES string of the molecule is CCC(NC(=O)c1ccc(F)cc1Br)C(N)=S. The lowest BCUT2D eigenvalue weighted by Crippen LogP contribution is -2.43. The molecule has 17 heavy (non-hydrogen) atoms. The van der Waals surface area contributed by atoms with E-state index in [0.29, 0.717) is 16.5 Å². The second-order valence-electron chi connectivity index (χ2n) is 3.46. The van der Waals surface area contributed by atoms with Crippen LogP contribution in [0.25, 0.3) is 0 Å². The fraction of sp³-hybridized carbons (Fsp3) is 0.273. The lowest BCUT2D eigenvalue weighted by atomic mass is 10.1. The second-order valence-corrected chi connectivity index (χ2v) is 4.79. The lowest BCUT2D eigenvalue weighted by Gasteiger charge is -2.15. The van der Waals surface area contributed by atoms with E-state index in [0.717, 1.165) is 0 Å². The number of hydrogen-bond donors (Lipinski definition) is 2. The summed E-state index contributed by atoms with van der Waals surface area (Å²) >= 11 is 7.96. The maximum absolute atomic E-state index is 12.9. The van der Waals surface area contributed by atoms with Gasteiger partial charge in [0.25, 0.3) is 5.91 Å². The molecule has 0 saturated carbocycles. The molecule has 0 aliphatic rings. The zero-order valence-corrected chi connectivity index (χ0v) is 11.6. The Hall–Kier alpha value is -1.01. The van der Waals surface area contributed by atoms with E-state index in [1.807, 2.05) is 6.92 Å². The van der Waals surface area contributed by atoms with Crippen LogP contribution in [0.2, 0.25) is 0 Å². The summed E-state index contributed by atoms with van der Waals surface area (Å²) < 4.78 is 13.3. The molecular weight excluding hydrogens is 307 g/mol. The van der Waals surface area contributed by atoms with Crippen LogP contribution in [-0.2, 0) is 0 Å². The van der Waals surface area contributed by atoms with Crippen LogP contribution in [0.15, 0.2) is 22.7 Å². The van der Waals surface area contributed by atoms with E-state index in [9.17, 15) is 9.18 Å². The minimum atomic E-state index is -0.408. The van der Waals surface area contributed by atoms with Crippen LogP contribution in [0.3, 0.4) is 0 Å². The number of benzene rings is 1. The number of amides is 1. The van der Waals surface area contributed by atoms with Crippen LogP contribution in [0.1, 0.15) is 23.7 Å². The summed E-state index contributed by atoms with van der Waals surface area (Å²) in [6.45, 7) is 1.86. The summed E-state index contributed by atoms with van der Waals surface area (Å²) in [6.07, 6.45) is 0.611. The predicted octanol–water partition coefficient (Wildman–Crippen LogP) is 2.38. The molecule has 1 amide bonds. The smallest absolute Gasteiger partial charge is 0.252 e. The topological polar surface area (TPSA) is 55.1 Å². The first-order valence-electron chi connectivity index (χ1n) is 5.01. The molecule has 0 spiro atoms. The van der Waals surface area contributed by atoms with E-state index in [1.165, 1.54) is 18.2 Å². The Morgan fingerprint density at radius 1 is 1.65 bits per heavy atom. The summed E-state index contributed by atoms with van der Waals surface area (Å²) in [5.41, 5.74) is 5.83. The van der Waals surface area contributed by atoms with Crippen molar-refractivity contribution in [1.29, 1.82) is 0 Å². The summed E-state index contributed by atoms with van der Waals surface area (Å²) in [6, 6.07) is 3.51. The van der Waals surface area contributed by atoms with Gasteiger partial charge in [-0.1, -0.05) is 19.1 Å². The number of carbonyl (C=O) groups is 1. The maximum atomic E-state index is 12.9. The van der Waals surface area contributed by atoms with E-state index >= 15 is 0 Å². The van der Waals surface area contributed by atoms with Crippen molar-refractivity contribution in [2.24, 2.45) is 5.73 Å². The van der Waals surface area contributed by atoms with Crippen LogP contribution in [0, 0.1) is 5.82 Å². The summed E-state index contributed by atoms with van der Waals surface area (Å²) in [5, 5.41) is 2.69. The average Bonchev–Trinajstić information content (AvgIpc) is 2.24. The van der Waals surface area contributed by atoms with Gasteiger partial charge in [0.05, 0.1) is 16.6 Å². The summed E-state index contributed by atoms with van der Waals surface area (Å²) in [7, 11) is 0. The van der Waals surface area contributed by atoms with Crippen LogP contribution in [0.4, 0.5) is 4.39 Å². The fourth-order valence-electron chi connectivity index (χ4n) is 1.28. The third kappa shape index (κ3) is 3.74. The van der Waals surface area contributed by atoms with Gasteiger partial charge in [-0.2, -0.15) is 0 Å². The van der Waals surface area contributed by atoms with Gasteiger partial charge in [0.1, 0.15) is 5.82 Å². The van der Waals surface area contributed by atoms with Gasteiger partial charge in [0, 0.05) is 4.47 Å². The molecule has 0 radical (unpaired) electrons. The van der Waals surface area contributed by atoms with E-state index < -0.39 is 5.82 Å². The van der Waals surface area contributed by atoms with Crippen molar-refractivity contribution in [2.75, 3.05) is 0 Å². The molecule has 0 fully saturated rings. The molecule has 6 heteroatoms. The standard InChI is InChI=1S/C11H12BrFN2OS/c1-2-9(10(14)17)15-11(16)7-4-3-6(13)5-8(7)12/h3-5,9H,2H2,1H3,(H2,14,17)(H,15,16). The first kappa shape index (κ1) is 14.1. The molecule has 0 bridgehead atoms. The Balaban J connectivity index is 2.86. The van der Waals surface area contributed by atoms with Crippen molar-refractivity contribution in [3.8, 4) is 0 Å². The van der Waals surface area contributed by atoms with Gasteiger partial charge < -0.3 is 11.1 Å². The Labute approximate surface area is 113 Å². The van der Waals surface area contributed by atoms with Gasteiger partial charge >= 0.3 is 0 Å². The van der Waals surface area contributed by atoms with E-state index in [4.69, 9.17) is 18.0 Å². The molecule has 1 unspecified atom stereocenters. The normalized spacial score (nSPS) is 11.9. The number of carbonyl (C=O) groups excluding carboxylic acids is 1. The molecule has 0 aliphatic heterocycles. The van der Waals surface area contributed by atoms with Crippen molar-refractivity contribution in [1.82, 2.24) is 5.32 Å². The number of nitrogens with two attached hydrogens (primary N) is 1. The van der Waals surface area contributed by atoms with Crippen molar-refractivity contribution >= 4 is 39.0 Å². The number of rotatable bonds is 4. The Morgan fingerprint density at radius 2 is 2.29 bits per heavy atom. The van der Waals surface area contributed by atoms with Gasteiger partial charge in [-0.05, 0) is 40.5 Å². The van der Waals surface area contributed by atoms with Gasteiger partial charge in [0.2, 0.25) is 0 Å². The molecule has 1 aromatic carbocycles. The number of hydrogen-bond acceptors (Lipinski definition) is 2. The highest BCUT2D eigenvalue weighted by Gasteiger charge is 2.16. The van der Waals surface area contributed by atoms with Crippen LogP contribution in [-0.4, -0.2) is 16.9 Å². The third-order valence-electron chi connectivity index (χ3n) is 2.23. The zero-order chi connectivity index (χ0) is 13.0. The molecule has 3 nitrogen and oxygen atoms in total. The highest BCUT2D eigenvalue weighted by molar-refractivity contribution is 9.10. The minimum Gasteiger partial charge on any atom is -0.392 e. The maximum Gasteiger partial charge on any atom is 0.252 e. The molecule has 92 valence electrons. The molecule has 1 aromatic rings. The van der Waals surface area contributed by atoms with Gasteiger partial charge in [-0.15, -0.1) is 0 Å². The predicted molar refractivity (Wildman–Crippen MR) is 72.4 cm³/mol. The van der Waals surface area contributed by atoms with Crippen molar-refractivity contribution in [3.05, 3.63) is 34.1 Å². The van der Waals surface area contributed by atoms with Gasteiger partial charge in [0.15, 0.2) is 0 Å². The van der Waals surface area contributed by atoms with Crippen LogP contribution >= 0.6 is 28.1 Å². The molecular formula is C11H12BrFN2OS. The molecule has 0 aliphatic carbocycles. The Bertz CT molecular complexity index is 453. The quantitative estimate of drug-likeness (QED) is 0.838. The van der Waals surface area contributed by atoms with E-state index in [1.54, 1.807) is 0 Å². The summed E-state index contributed by atoms with van der Waals surface area (Å²) in [5.74, 6) is -0.744. The number of halogens is 2. The molecule has 0 aromatic heterocycles. The van der Waals surface area contributed by atoms with Crippen molar-refractivity contribution < 1.29 is 9.18 Å². The van der Waals surface area contributed by atoms with Gasteiger partial charge in [-0.3, -0.25) is 4.79 Å². The minimum absolute atomic E-state index is 0.235. The molecule has 3 N–H and O–H groups in total. The third-order valence-corrected chi connectivity index (χ3v) is 3.17.